The Labute approximate surface area is 192 Å². The molecule has 11 heteroatoms. The lowest BCUT2D eigenvalue weighted by molar-refractivity contribution is -0.385. The first-order chi connectivity index (χ1) is 15.4. The number of aromatic amines is 1. The van der Waals surface area contributed by atoms with Gasteiger partial charge in [0.25, 0.3) is 5.69 Å². The van der Waals surface area contributed by atoms with Crippen LogP contribution in [0.15, 0.2) is 61.1 Å². The Morgan fingerprint density at radius 1 is 1.12 bits per heavy atom. The van der Waals surface area contributed by atoms with Crippen molar-refractivity contribution in [3.8, 4) is 22.6 Å². The van der Waals surface area contributed by atoms with E-state index in [1.165, 1.54) is 18.3 Å². The fourth-order valence-electron chi connectivity index (χ4n) is 3.09. The standard InChI is InChI=1S/C21H17Cl2N7O2/c22-12-1-3-14(16(23)9-12)20-15(21-25-7-8-26-21)4-6-19(29-20)28-11-17(24)18-5-2-13(10-27-18)30(31)32/h1-10,17H,11,24H2,(H,25,26)(H,28,29). The zero-order valence-electron chi connectivity index (χ0n) is 16.5. The molecule has 4 N–H and O–H groups in total. The highest BCUT2D eigenvalue weighted by atomic mass is 35.5. The van der Waals surface area contributed by atoms with Gasteiger partial charge in [0.2, 0.25) is 0 Å². The molecule has 0 radical (unpaired) electrons. The number of hydrogen-bond acceptors (Lipinski definition) is 7. The number of nitrogens with two attached hydrogens (primary N) is 1. The summed E-state index contributed by atoms with van der Waals surface area (Å²) >= 11 is 12.5. The molecule has 9 nitrogen and oxygen atoms in total. The summed E-state index contributed by atoms with van der Waals surface area (Å²) in [5, 5.41) is 15.0. The van der Waals surface area contributed by atoms with E-state index in [9.17, 15) is 10.1 Å². The van der Waals surface area contributed by atoms with Gasteiger partial charge in [-0.1, -0.05) is 23.2 Å². The Morgan fingerprint density at radius 3 is 2.59 bits per heavy atom. The van der Waals surface area contributed by atoms with Crippen molar-refractivity contribution in [1.29, 1.82) is 0 Å². The van der Waals surface area contributed by atoms with E-state index in [0.717, 1.165) is 5.56 Å². The Balaban J connectivity index is 1.60. The maximum atomic E-state index is 10.8. The third-order valence-corrected chi connectivity index (χ3v) is 5.25. The Kier molecular flexibility index (Phi) is 6.31. The van der Waals surface area contributed by atoms with Crippen molar-refractivity contribution in [2.75, 3.05) is 11.9 Å². The molecule has 162 valence electrons. The molecular weight excluding hydrogens is 453 g/mol. The zero-order valence-corrected chi connectivity index (χ0v) is 18.0. The van der Waals surface area contributed by atoms with Crippen molar-refractivity contribution in [2.45, 2.75) is 6.04 Å². The van der Waals surface area contributed by atoms with E-state index < -0.39 is 11.0 Å². The number of nitrogens with one attached hydrogen (secondary N) is 2. The molecule has 4 rings (SSSR count). The second-order valence-electron chi connectivity index (χ2n) is 6.84. The number of benzene rings is 1. The van der Waals surface area contributed by atoms with E-state index in [1.807, 2.05) is 6.07 Å². The minimum atomic E-state index is -0.505. The lowest BCUT2D eigenvalue weighted by Gasteiger charge is -2.15. The van der Waals surface area contributed by atoms with Crippen molar-refractivity contribution in [1.82, 2.24) is 19.9 Å². The van der Waals surface area contributed by atoms with Crippen LogP contribution in [0.2, 0.25) is 10.0 Å². The second-order valence-corrected chi connectivity index (χ2v) is 7.68. The number of hydrogen-bond donors (Lipinski definition) is 3. The largest absolute Gasteiger partial charge is 0.368 e. The molecule has 3 aromatic heterocycles. The molecule has 0 saturated heterocycles. The predicted molar refractivity (Wildman–Crippen MR) is 124 cm³/mol. The van der Waals surface area contributed by atoms with Gasteiger partial charge >= 0.3 is 0 Å². The van der Waals surface area contributed by atoms with Crippen molar-refractivity contribution < 1.29 is 4.92 Å². The van der Waals surface area contributed by atoms with E-state index in [-0.39, 0.29) is 5.69 Å². The SMILES string of the molecule is NC(CNc1ccc(-c2ncc[nH]2)c(-c2ccc(Cl)cc2Cl)n1)c1ccc([N+](=O)[O-])cn1. The summed E-state index contributed by atoms with van der Waals surface area (Å²) in [7, 11) is 0. The van der Waals surface area contributed by atoms with Crippen LogP contribution in [0.1, 0.15) is 11.7 Å². The molecule has 0 spiro atoms. The number of nitrogens with zero attached hydrogens (tertiary/aromatic N) is 4. The summed E-state index contributed by atoms with van der Waals surface area (Å²) in [5.74, 6) is 1.22. The van der Waals surface area contributed by atoms with Gasteiger partial charge in [-0.3, -0.25) is 15.1 Å². The highest BCUT2D eigenvalue weighted by Gasteiger charge is 2.16. The van der Waals surface area contributed by atoms with Gasteiger partial charge in [-0.25, -0.2) is 9.97 Å². The average molecular weight is 470 g/mol. The summed E-state index contributed by atoms with van der Waals surface area (Å²) in [5.41, 5.74) is 8.72. The van der Waals surface area contributed by atoms with Gasteiger partial charge in [0.1, 0.15) is 17.8 Å². The van der Waals surface area contributed by atoms with Crippen LogP contribution in [0, 0.1) is 10.1 Å². The van der Waals surface area contributed by atoms with Gasteiger partial charge < -0.3 is 16.0 Å². The van der Waals surface area contributed by atoms with E-state index in [1.54, 1.807) is 36.7 Å². The number of anilines is 1. The van der Waals surface area contributed by atoms with Crippen LogP contribution in [0.25, 0.3) is 22.6 Å². The summed E-state index contributed by atoms with van der Waals surface area (Å²) in [6.07, 6.45) is 4.57. The maximum Gasteiger partial charge on any atom is 0.287 e. The summed E-state index contributed by atoms with van der Waals surface area (Å²) in [6, 6.07) is 11.3. The molecule has 1 unspecified atom stereocenters. The van der Waals surface area contributed by atoms with Crippen LogP contribution in [-0.2, 0) is 0 Å². The quantitative estimate of drug-likeness (QED) is 0.259. The third-order valence-electron chi connectivity index (χ3n) is 4.70. The molecule has 4 aromatic rings. The van der Waals surface area contributed by atoms with Crippen molar-refractivity contribution in [2.24, 2.45) is 5.73 Å². The monoisotopic (exact) mass is 469 g/mol. The molecule has 0 aliphatic heterocycles. The van der Waals surface area contributed by atoms with Gasteiger partial charge in [0, 0.05) is 41.2 Å². The van der Waals surface area contributed by atoms with E-state index in [2.05, 4.69) is 20.3 Å². The molecule has 1 aromatic carbocycles. The third kappa shape index (κ3) is 4.70. The molecule has 0 aliphatic rings. The molecule has 0 amide bonds. The first-order valence-corrected chi connectivity index (χ1v) is 10.2. The number of nitro groups is 1. The van der Waals surface area contributed by atoms with Gasteiger partial charge in [-0.2, -0.15) is 0 Å². The molecule has 0 saturated carbocycles. The van der Waals surface area contributed by atoms with E-state index in [4.69, 9.17) is 33.9 Å². The Bertz CT molecular complexity index is 1250. The molecule has 3 heterocycles. The summed E-state index contributed by atoms with van der Waals surface area (Å²) in [6.45, 7) is 0.311. The maximum absolute atomic E-state index is 10.8. The van der Waals surface area contributed by atoms with Crippen molar-refractivity contribution in [3.63, 3.8) is 0 Å². The van der Waals surface area contributed by atoms with Gasteiger partial charge in [0.15, 0.2) is 0 Å². The predicted octanol–water partition coefficient (Wildman–Crippen LogP) is 4.86. The first-order valence-electron chi connectivity index (χ1n) is 9.48. The number of halogens is 2. The minimum Gasteiger partial charge on any atom is -0.368 e. The van der Waals surface area contributed by atoms with Crippen molar-refractivity contribution >= 4 is 34.7 Å². The van der Waals surface area contributed by atoms with Crippen LogP contribution in [-0.4, -0.2) is 31.4 Å². The Hall–Kier alpha value is -3.53. The van der Waals surface area contributed by atoms with Crippen LogP contribution in [0.5, 0.6) is 0 Å². The molecular formula is C21H17Cl2N7O2. The number of aromatic nitrogens is 4. The normalized spacial score (nSPS) is 11.8. The molecule has 1 atom stereocenters. The fourth-order valence-corrected chi connectivity index (χ4v) is 3.59. The van der Waals surface area contributed by atoms with Crippen LogP contribution in [0.3, 0.4) is 0 Å². The number of imidazole rings is 1. The lowest BCUT2D eigenvalue weighted by Crippen LogP contribution is -2.22. The van der Waals surface area contributed by atoms with Crippen LogP contribution >= 0.6 is 23.2 Å². The summed E-state index contributed by atoms with van der Waals surface area (Å²) in [4.78, 5) is 26.5. The molecule has 32 heavy (non-hydrogen) atoms. The van der Waals surface area contributed by atoms with Crippen LogP contribution in [0.4, 0.5) is 11.5 Å². The lowest BCUT2D eigenvalue weighted by atomic mass is 10.0. The smallest absolute Gasteiger partial charge is 0.287 e. The molecule has 0 bridgehead atoms. The van der Waals surface area contributed by atoms with Crippen LogP contribution < -0.4 is 11.1 Å². The average Bonchev–Trinajstić information content (AvgIpc) is 3.32. The number of pyridine rings is 2. The molecule has 0 fully saturated rings. The first kappa shape index (κ1) is 21.7. The number of rotatable bonds is 7. The highest BCUT2D eigenvalue weighted by molar-refractivity contribution is 6.36. The second kappa shape index (κ2) is 9.31. The molecule has 0 aliphatic carbocycles. The number of H-pyrrole nitrogens is 1. The topological polar surface area (TPSA) is 136 Å². The Morgan fingerprint density at radius 2 is 1.94 bits per heavy atom. The van der Waals surface area contributed by atoms with Gasteiger partial charge in [-0.15, -0.1) is 0 Å². The van der Waals surface area contributed by atoms with Crippen molar-refractivity contribution in [3.05, 3.63) is 86.9 Å². The fraction of sp³-hybridized carbons (Fsp3) is 0.0952. The van der Waals surface area contributed by atoms with E-state index >= 15 is 0 Å². The van der Waals surface area contributed by atoms with Gasteiger partial charge in [0.05, 0.1) is 27.4 Å². The van der Waals surface area contributed by atoms with E-state index in [0.29, 0.717) is 45.2 Å². The summed E-state index contributed by atoms with van der Waals surface area (Å²) < 4.78 is 0. The zero-order chi connectivity index (χ0) is 22.7. The highest BCUT2D eigenvalue weighted by Crippen LogP contribution is 2.35. The van der Waals surface area contributed by atoms with Gasteiger partial charge in [-0.05, 0) is 36.4 Å². The minimum absolute atomic E-state index is 0.0893.